The quantitative estimate of drug-likeness (QED) is 0.456. The molecule has 0 bridgehead atoms. The van der Waals surface area contributed by atoms with Crippen molar-refractivity contribution in [3.63, 3.8) is 0 Å². The molecule has 1 aromatic carbocycles. The molecule has 3 heterocycles. The summed E-state index contributed by atoms with van der Waals surface area (Å²) in [5.41, 5.74) is 5.55. The summed E-state index contributed by atoms with van der Waals surface area (Å²) in [6.45, 7) is 0. The van der Waals surface area contributed by atoms with Gasteiger partial charge in [0.1, 0.15) is 0 Å². The Bertz CT molecular complexity index is 999. The lowest BCUT2D eigenvalue weighted by Gasteiger charge is -2.09. The first-order valence-corrected chi connectivity index (χ1v) is 8.70. The Morgan fingerprint density at radius 2 is 1.36 bits per heavy atom. The van der Waals surface area contributed by atoms with E-state index in [4.69, 9.17) is 4.98 Å². The zero-order valence-corrected chi connectivity index (χ0v) is 14.9. The molecule has 0 amide bonds. The lowest BCUT2D eigenvalue weighted by Crippen LogP contribution is -1.94. The minimum Gasteiger partial charge on any atom is -0.255 e. The zero-order valence-electron chi connectivity index (χ0n) is 13.3. The highest BCUT2D eigenvalue weighted by atomic mass is 79.9. The lowest BCUT2D eigenvalue weighted by molar-refractivity contribution is 1.22. The maximum atomic E-state index is 4.78. The van der Waals surface area contributed by atoms with E-state index in [-0.39, 0.29) is 0 Å². The molecule has 4 heteroatoms. The zero-order chi connectivity index (χ0) is 17.1. The highest BCUT2D eigenvalue weighted by Gasteiger charge is 2.11. The number of pyridine rings is 3. The molecule has 4 aromatic rings. The summed E-state index contributed by atoms with van der Waals surface area (Å²) >= 11 is 3.48. The number of hydrogen-bond donors (Lipinski definition) is 0. The van der Waals surface area contributed by atoms with Crippen LogP contribution in [0.25, 0.3) is 33.9 Å². The van der Waals surface area contributed by atoms with Crippen molar-refractivity contribution in [1.29, 1.82) is 0 Å². The van der Waals surface area contributed by atoms with E-state index in [1.165, 1.54) is 0 Å². The van der Waals surface area contributed by atoms with Crippen LogP contribution in [0.5, 0.6) is 0 Å². The first-order chi connectivity index (χ1) is 12.3. The van der Waals surface area contributed by atoms with Crippen molar-refractivity contribution in [2.24, 2.45) is 0 Å². The van der Waals surface area contributed by atoms with E-state index in [0.29, 0.717) is 0 Å². The van der Waals surface area contributed by atoms with Gasteiger partial charge in [0, 0.05) is 22.4 Å². The number of hydrogen-bond acceptors (Lipinski definition) is 3. The molecule has 0 fully saturated rings. The standard InChI is InChI=1S/C21H14BrN3/c22-16-11-9-15(10-12-16)17-5-4-14-24-21(17)20-8-3-7-19(25-20)18-6-1-2-13-23-18/h1-14H. The largest absolute Gasteiger partial charge is 0.255 e. The smallest absolute Gasteiger partial charge is 0.0964 e. The number of benzene rings is 1. The Labute approximate surface area is 154 Å². The molecule has 0 spiro atoms. The van der Waals surface area contributed by atoms with Crippen LogP contribution >= 0.6 is 15.9 Å². The summed E-state index contributed by atoms with van der Waals surface area (Å²) in [7, 11) is 0. The maximum Gasteiger partial charge on any atom is 0.0964 e. The second-order valence-electron chi connectivity index (χ2n) is 5.53. The van der Waals surface area contributed by atoms with Crippen LogP contribution in [0.3, 0.4) is 0 Å². The second kappa shape index (κ2) is 6.95. The molecule has 3 nitrogen and oxygen atoms in total. The molecule has 0 aliphatic rings. The van der Waals surface area contributed by atoms with Crippen molar-refractivity contribution in [2.45, 2.75) is 0 Å². The Hall–Kier alpha value is -2.85. The van der Waals surface area contributed by atoms with E-state index in [2.05, 4.69) is 44.1 Å². The summed E-state index contributed by atoms with van der Waals surface area (Å²) in [4.78, 5) is 13.8. The van der Waals surface area contributed by atoms with Crippen molar-refractivity contribution >= 4 is 15.9 Å². The second-order valence-corrected chi connectivity index (χ2v) is 6.45. The summed E-state index contributed by atoms with van der Waals surface area (Å²) < 4.78 is 1.05. The number of aromatic nitrogens is 3. The van der Waals surface area contributed by atoms with Gasteiger partial charge >= 0.3 is 0 Å². The van der Waals surface area contributed by atoms with Crippen LogP contribution < -0.4 is 0 Å². The first-order valence-electron chi connectivity index (χ1n) is 7.91. The Morgan fingerprint density at radius 3 is 2.16 bits per heavy atom. The molecule has 0 saturated heterocycles. The van der Waals surface area contributed by atoms with E-state index in [0.717, 1.165) is 38.4 Å². The summed E-state index contributed by atoms with van der Waals surface area (Å²) in [5, 5.41) is 0. The predicted octanol–water partition coefficient (Wildman–Crippen LogP) is 5.64. The third-order valence-corrected chi connectivity index (χ3v) is 4.41. The normalized spacial score (nSPS) is 10.6. The molecule has 25 heavy (non-hydrogen) atoms. The monoisotopic (exact) mass is 387 g/mol. The summed E-state index contributed by atoms with van der Waals surface area (Å²) in [6.07, 6.45) is 3.57. The number of rotatable bonds is 3. The fourth-order valence-electron chi connectivity index (χ4n) is 2.70. The lowest BCUT2D eigenvalue weighted by atomic mass is 10.0. The molecule has 0 N–H and O–H groups in total. The van der Waals surface area contributed by atoms with Crippen LogP contribution in [-0.2, 0) is 0 Å². The van der Waals surface area contributed by atoms with E-state index in [1.54, 1.807) is 12.4 Å². The summed E-state index contributed by atoms with van der Waals surface area (Å²) in [5.74, 6) is 0. The molecule has 0 aliphatic heterocycles. The SMILES string of the molecule is Brc1ccc(-c2cccnc2-c2cccc(-c3ccccn3)n2)cc1. The van der Waals surface area contributed by atoms with Crippen molar-refractivity contribution < 1.29 is 0 Å². The molecule has 0 aliphatic carbocycles. The van der Waals surface area contributed by atoms with Gasteiger partial charge in [0.25, 0.3) is 0 Å². The van der Waals surface area contributed by atoms with E-state index in [1.807, 2.05) is 54.6 Å². The number of halogens is 1. The molecule has 120 valence electrons. The van der Waals surface area contributed by atoms with Crippen molar-refractivity contribution in [1.82, 2.24) is 15.0 Å². The molecular weight excluding hydrogens is 374 g/mol. The Balaban J connectivity index is 1.82. The molecule has 0 radical (unpaired) electrons. The summed E-state index contributed by atoms with van der Waals surface area (Å²) in [6, 6.07) is 24.0. The van der Waals surface area contributed by atoms with Gasteiger partial charge in [-0.1, -0.05) is 46.3 Å². The van der Waals surface area contributed by atoms with Gasteiger partial charge < -0.3 is 0 Å². The van der Waals surface area contributed by atoms with E-state index < -0.39 is 0 Å². The van der Waals surface area contributed by atoms with Gasteiger partial charge in [0.05, 0.1) is 22.8 Å². The predicted molar refractivity (Wildman–Crippen MR) is 104 cm³/mol. The highest BCUT2D eigenvalue weighted by molar-refractivity contribution is 9.10. The van der Waals surface area contributed by atoms with Crippen LogP contribution in [0, 0.1) is 0 Å². The highest BCUT2D eigenvalue weighted by Crippen LogP contribution is 2.30. The maximum absolute atomic E-state index is 4.78. The van der Waals surface area contributed by atoms with Gasteiger partial charge in [-0.25, -0.2) is 4.98 Å². The third-order valence-electron chi connectivity index (χ3n) is 3.88. The molecular formula is C21H14BrN3. The first kappa shape index (κ1) is 15.7. The number of nitrogens with zero attached hydrogens (tertiary/aromatic N) is 3. The minimum absolute atomic E-state index is 0.835. The van der Waals surface area contributed by atoms with Crippen molar-refractivity contribution in [2.75, 3.05) is 0 Å². The molecule has 3 aromatic heterocycles. The topological polar surface area (TPSA) is 38.7 Å². The Kier molecular flexibility index (Phi) is 4.36. The molecule has 4 rings (SSSR count). The van der Waals surface area contributed by atoms with Gasteiger partial charge in [-0.2, -0.15) is 0 Å². The molecule has 0 unspecified atom stereocenters. The average molecular weight is 388 g/mol. The van der Waals surface area contributed by atoms with Gasteiger partial charge in [-0.15, -0.1) is 0 Å². The average Bonchev–Trinajstić information content (AvgIpc) is 2.69. The van der Waals surface area contributed by atoms with Crippen LogP contribution in [0.1, 0.15) is 0 Å². The van der Waals surface area contributed by atoms with Crippen LogP contribution in [0.2, 0.25) is 0 Å². The Morgan fingerprint density at radius 1 is 0.600 bits per heavy atom. The van der Waals surface area contributed by atoms with Crippen LogP contribution in [-0.4, -0.2) is 15.0 Å². The van der Waals surface area contributed by atoms with Gasteiger partial charge in [-0.3, -0.25) is 9.97 Å². The van der Waals surface area contributed by atoms with E-state index >= 15 is 0 Å². The van der Waals surface area contributed by atoms with Gasteiger partial charge in [0.2, 0.25) is 0 Å². The minimum atomic E-state index is 0.835. The third kappa shape index (κ3) is 3.35. The van der Waals surface area contributed by atoms with Crippen LogP contribution in [0.4, 0.5) is 0 Å². The van der Waals surface area contributed by atoms with Gasteiger partial charge in [0.15, 0.2) is 0 Å². The molecule has 0 saturated carbocycles. The van der Waals surface area contributed by atoms with Crippen molar-refractivity contribution in [3.8, 4) is 33.9 Å². The van der Waals surface area contributed by atoms with Gasteiger partial charge in [-0.05, 0) is 48.0 Å². The molecule has 0 atom stereocenters. The fourth-order valence-corrected chi connectivity index (χ4v) is 2.96. The van der Waals surface area contributed by atoms with Crippen molar-refractivity contribution in [3.05, 3.63) is 89.7 Å². The van der Waals surface area contributed by atoms with E-state index in [9.17, 15) is 0 Å². The van der Waals surface area contributed by atoms with Crippen LogP contribution in [0.15, 0.2) is 89.7 Å². The fraction of sp³-hybridized carbons (Fsp3) is 0.